The Morgan fingerprint density at radius 1 is 1.56 bits per heavy atom. The maximum absolute atomic E-state index is 12.0. The number of nitrogens with one attached hydrogen (secondary N) is 1. The Morgan fingerprint density at radius 2 is 2.25 bits per heavy atom. The summed E-state index contributed by atoms with van der Waals surface area (Å²) in [5, 5.41) is 12.3. The number of amides is 1. The van der Waals surface area contributed by atoms with E-state index in [0.29, 0.717) is 0 Å². The van der Waals surface area contributed by atoms with E-state index in [0.717, 1.165) is 26.1 Å². The van der Waals surface area contributed by atoms with Gasteiger partial charge >= 0.3 is 0 Å². The average Bonchev–Trinajstić information content (AvgIpc) is 2.36. The molecule has 16 heavy (non-hydrogen) atoms. The van der Waals surface area contributed by atoms with Gasteiger partial charge < -0.3 is 20.2 Å². The summed E-state index contributed by atoms with van der Waals surface area (Å²) in [4.78, 5) is 15.9. The minimum Gasteiger partial charge on any atom is -0.394 e. The fourth-order valence-electron chi connectivity index (χ4n) is 1.85. The number of carbonyl (C=O) groups is 1. The SMILES string of the molecule is CC1CCN(CCN(C)C)C(=O)C(CO)N1. The highest BCUT2D eigenvalue weighted by molar-refractivity contribution is 5.82. The highest BCUT2D eigenvalue weighted by Crippen LogP contribution is 2.06. The second-order valence-corrected chi connectivity index (χ2v) is 4.72. The van der Waals surface area contributed by atoms with Gasteiger partial charge in [-0.05, 0) is 27.4 Å². The predicted molar refractivity (Wildman–Crippen MR) is 63.2 cm³/mol. The van der Waals surface area contributed by atoms with E-state index in [1.54, 1.807) is 0 Å². The van der Waals surface area contributed by atoms with Gasteiger partial charge in [-0.15, -0.1) is 0 Å². The van der Waals surface area contributed by atoms with Crippen molar-refractivity contribution >= 4 is 5.91 Å². The van der Waals surface area contributed by atoms with E-state index < -0.39 is 6.04 Å². The molecule has 0 bridgehead atoms. The molecule has 5 heteroatoms. The number of hydrogen-bond acceptors (Lipinski definition) is 4. The van der Waals surface area contributed by atoms with E-state index in [1.165, 1.54) is 0 Å². The van der Waals surface area contributed by atoms with Gasteiger partial charge in [-0.2, -0.15) is 0 Å². The zero-order valence-corrected chi connectivity index (χ0v) is 10.4. The summed E-state index contributed by atoms with van der Waals surface area (Å²) >= 11 is 0. The van der Waals surface area contributed by atoms with Gasteiger partial charge in [-0.3, -0.25) is 4.79 Å². The van der Waals surface area contributed by atoms with Gasteiger partial charge in [0.15, 0.2) is 0 Å². The molecule has 0 aromatic carbocycles. The molecular weight excluding hydrogens is 206 g/mol. The second kappa shape index (κ2) is 6.18. The molecule has 0 aliphatic carbocycles. The Hall–Kier alpha value is -0.650. The molecule has 0 spiro atoms. The fourth-order valence-corrected chi connectivity index (χ4v) is 1.85. The van der Waals surface area contributed by atoms with Gasteiger partial charge in [0.1, 0.15) is 6.04 Å². The molecule has 1 saturated heterocycles. The van der Waals surface area contributed by atoms with Crippen LogP contribution in [0.2, 0.25) is 0 Å². The third kappa shape index (κ3) is 3.73. The Labute approximate surface area is 97.4 Å². The van der Waals surface area contributed by atoms with Crippen LogP contribution >= 0.6 is 0 Å². The molecule has 1 rings (SSSR count). The largest absolute Gasteiger partial charge is 0.394 e. The van der Waals surface area contributed by atoms with Crippen LogP contribution in [0.3, 0.4) is 0 Å². The van der Waals surface area contributed by atoms with E-state index >= 15 is 0 Å². The highest BCUT2D eigenvalue weighted by atomic mass is 16.3. The molecule has 0 aromatic rings. The summed E-state index contributed by atoms with van der Waals surface area (Å²) < 4.78 is 0. The molecule has 2 N–H and O–H groups in total. The lowest BCUT2D eigenvalue weighted by Crippen LogP contribution is -2.48. The third-order valence-electron chi connectivity index (χ3n) is 2.93. The molecule has 0 aromatic heterocycles. The van der Waals surface area contributed by atoms with Crippen molar-refractivity contribution < 1.29 is 9.90 Å². The first-order valence-electron chi connectivity index (χ1n) is 5.85. The van der Waals surface area contributed by atoms with E-state index in [2.05, 4.69) is 10.2 Å². The van der Waals surface area contributed by atoms with Crippen LogP contribution in [0.15, 0.2) is 0 Å². The monoisotopic (exact) mass is 229 g/mol. The van der Waals surface area contributed by atoms with Crippen LogP contribution in [-0.4, -0.2) is 73.2 Å². The highest BCUT2D eigenvalue weighted by Gasteiger charge is 2.28. The van der Waals surface area contributed by atoms with Crippen LogP contribution in [0.1, 0.15) is 13.3 Å². The smallest absolute Gasteiger partial charge is 0.242 e. The summed E-state index contributed by atoms with van der Waals surface area (Å²) in [6, 6.07) is -0.148. The second-order valence-electron chi connectivity index (χ2n) is 4.72. The molecule has 1 aliphatic heterocycles. The first-order valence-corrected chi connectivity index (χ1v) is 5.85. The minimum atomic E-state index is -0.431. The molecule has 2 atom stereocenters. The Bertz CT molecular complexity index is 233. The lowest BCUT2D eigenvalue weighted by atomic mass is 10.2. The molecular formula is C11H23N3O2. The topological polar surface area (TPSA) is 55.8 Å². The van der Waals surface area contributed by atoms with Crippen molar-refractivity contribution in [2.75, 3.05) is 40.3 Å². The van der Waals surface area contributed by atoms with E-state index in [-0.39, 0.29) is 18.6 Å². The number of rotatable bonds is 4. The van der Waals surface area contributed by atoms with Crippen molar-refractivity contribution in [3.8, 4) is 0 Å². The van der Waals surface area contributed by atoms with Crippen molar-refractivity contribution in [3.05, 3.63) is 0 Å². The molecule has 1 heterocycles. The van der Waals surface area contributed by atoms with Crippen LogP contribution in [0.25, 0.3) is 0 Å². The summed E-state index contributed by atoms with van der Waals surface area (Å²) in [6.07, 6.45) is 0.940. The number of hydrogen-bond donors (Lipinski definition) is 2. The Morgan fingerprint density at radius 3 is 2.81 bits per heavy atom. The van der Waals surface area contributed by atoms with E-state index in [9.17, 15) is 9.90 Å². The number of likely N-dealkylation sites (N-methyl/N-ethyl adjacent to an activating group) is 1. The van der Waals surface area contributed by atoms with Gasteiger partial charge in [0.2, 0.25) is 5.91 Å². The van der Waals surface area contributed by atoms with Crippen LogP contribution < -0.4 is 5.32 Å². The van der Waals surface area contributed by atoms with Crippen LogP contribution in [-0.2, 0) is 4.79 Å². The Kier molecular flexibility index (Phi) is 5.18. The van der Waals surface area contributed by atoms with Gasteiger partial charge in [-0.25, -0.2) is 0 Å². The molecule has 1 fully saturated rings. The molecule has 0 radical (unpaired) electrons. The molecule has 1 amide bonds. The van der Waals surface area contributed by atoms with Gasteiger partial charge in [0, 0.05) is 25.7 Å². The third-order valence-corrected chi connectivity index (χ3v) is 2.93. The molecule has 0 saturated carbocycles. The van der Waals surface area contributed by atoms with Gasteiger partial charge in [0.25, 0.3) is 0 Å². The molecule has 2 unspecified atom stereocenters. The average molecular weight is 229 g/mol. The van der Waals surface area contributed by atoms with Crippen LogP contribution in [0.4, 0.5) is 0 Å². The van der Waals surface area contributed by atoms with Crippen LogP contribution in [0, 0.1) is 0 Å². The van der Waals surface area contributed by atoms with Crippen molar-refractivity contribution in [2.24, 2.45) is 0 Å². The molecule has 5 nitrogen and oxygen atoms in total. The lowest BCUT2D eigenvalue weighted by Gasteiger charge is -2.24. The maximum Gasteiger partial charge on any atom is 0.242 e. The van der Waals surface area contributed by atoms with Gasteiger partial charge in [-0.1, -0.05) is 0 Å². The van der Waals surface area contributed by atoms with E-state index in [1.807, 2.05) is 25.9 Å². The van der Waals surface area contributed by atoms with Crippen molar-refractivity contribution in [2.45, 2.75) is 25.4 Å². The maximum atomic E-state index is 12.0. The standard InChI is InChI=1S/C11H23N3O2/c1-9-4-5-14(7-6-13(2)3)11(16)10(8-15)12-9/h9-10,12,15H,4-8H2,1-3H3. The summed E-state index contributed by atoms with van der Waals surface area (Å²) in [5.74, 6) is 0.0219. The van der Waals surface area contributed by atoms with E-state index in [4.69, 9.17) is 0 Å². The zero-order valence-electron chi connectivity index (χ0n) is 10.4. The van der Waals surface area contributed by atoms with Gasteiger partial charge in [0.05, 0.1) is 6.61 Å². The number of aliphatic hydroxyl groups is 1. The van der Waals surface area contributed by atoms with Crippen LogP contribution in [0.5, 0.6) is 0 Å². The number of nitrogens with zero attached hydrogens (tertiary/aromatic N) is 2. The number of aliphatic hydroxyl groups excluding tert-OH is 1. The quantitative estimate of drug-likeness (QED) is 0.657. The molecule has 1 aliphatic rings. The first kappa shape index (κ1) is 13.4. The molecule has 94 valence electrons. The predicted octanol–water partition coefficient (Wildman–Crippen LogP) is -0.881. The number of carbonyl (C=O) groups excluding carboxylic acids is 1. The minimum absolute atomic E-state index is 0.0219. The summed E-state index contributed by atoms with van der Waals surface area (Å²) in [7, 11) is 3.99. The van der Waals surface area contributed by atoms with Crippen molar-refractivity contribution in [1.82, 2.24) is 15.1 Å². The lowest BCUT2D eigenvalue weighted by molar-refractivity contribution is -0.133. The normalized spacial score (nSPS) is 27.3. The summed E-state index contributed by atoms with van der Waals surface area (Å²) in [6.45, 7) is 4.29. The zero-order chi connectivity index (χ0) is 12.1. The van der Waals surface area contributed by atoms with Crippen molar-refractivity contribution in [1.29, 1.82) is 0 Å². The Balaban J connectivity index is 2.57. The fraction of sp³-hybridized carbons (Fsp3) is 0.909. The summed E-state index contributed by atoms with van der Waals surface area (Å²) in [5.41, 5.74) is 0. The van der Waals surface area contributed by atoms with Crippen molar-refractivity contribution in [3.63, 3.8) is 0 Å². The first-order chi connectivity index (χ1) is 7.54.